The highest BCUT2D eigenvalue weighted by molar-refractivity contribution is 6.18. The minimum atomic E-state index is 0.709. The maximum atomic E-state index is 5.85. The Morgan fingerprint density at radius 2 is 1.93 bits per heavy atom. The Balaban J connectivity index is 2.21. The first-order chi connectivity index (χ1) is 6.86. The Morgan fingerprint density at radius 1 is 1.21 bits per heavy atom. The molecule has 0 bridgehead atoms. The molecule has 1 heteroatoms. The number of alkyl halides is 1. The van der Waals surface area contributed by atoms with E-state index in [4.69, 9.17) is 11.6 Å². The van der Waals surface area contributed by atoms with Crippen LogP contribution >= 0.6 is 11.6 Å². The van der Waals surface area contributed by atoms with E-state index in [0.29, 0.717) is 5.92 Å². The lowest BCUT2D eigenvalue weighted by Crippen LogP contribution is -2.00. The second-order valence-electron chi connectivity index (χ2n) is 3.81. The summed E-state index contributed by atoms with van der Waals surface area (Å²) in [6, 6.07) is 10.7. The van der Waals surface area contributed by atoms with Gasteiger partial charge in [-0.05, 0) is 30.7 Å². The first-order valence-electron chi connectivity index (χ1n) is 5.46. The summed E-state index contributed by atoms with van der Waals surface area (Å²) in [7, 11) is 0. The summed E-state index contributed by atoms with van der Waals surface area (Å²) in [6.45, 7) is 2.22. The van der Waals surface area contributed by atoms with Crippen molar-refractivity contribution in [2.24, 2.45) is 5.92 Å². The third-order valence-electron chi connectivity index (χ3n) is 2.72. The Labute approximate surface area is 92.3 Å². The summed E-state index contributed by atoms with van der Waals surface area (Å²) in [5.41, 5.74) is 1.44. The Hall–Kier alpha value is -0.490. The van der Waals surface area contributed by atoms with Crippen molar-refractivity contribution in [3.63, 3.8) is 0 Å². The molecule has 0 aromatic heterocycles. The second-order valence-corrected chi connectivity index (χ2v) is 4.12. The molecular formula is C13H19Cl. The Kier molecular flexibility index (Phi) is 5.70. The largest absolute Gasteiger partial charge is 0.126 e. The minimum Gasteiger partial charge on any atom is -0.126 e. The summed E-state index contributed by atoms with van der Waals surface area (Å²) < 4.78 is 0. The molecule has 0 N–H and O–H groups in total. The van der Waals surface area contributed by atoms with Crippen molar-refractivity contribution in [3.05, 3.63) is 35.9 Å². The molecule has 0 aliphatic heterocycles. The zero-order valence-corrected chi connectivity index (χ0v) is 9.63. The van der Waals surface area contributed by atoms with Gasteiger partial charge in [-0.25, -0.2) is 0 Å². The average molecular weight is 211 g/mol. The third kappa shape index (κ3) is 4.15. The van der Waals surface area contributed by atoms with Crippen LogP contribution < -0.4 is 0 Å². The van der Waals surface area contributed by atoms with Crippen LogP contribution in [0.5, 0.6) is 0 Å². The fraction of sp³-hybridized carbons (Fsp3) is 0.538. The molecular weight excluding hydrogens is 192 g/mol. The van der Waals surface area contributed by atoms with Gasteiger partial charge in [0.25, 0.3) is 0 Å². The summed E-state index contributed by atoms with van der Waals surface area (Å²) in [5.74, 6) is 1.52. The molecule has 1 rings (SSSR count). The van der Waals surface area contributed by atoms with E-state index in [1.54, 1.807) is 0 Å². The SMILES string of the molecule is CCC(CCl)CCCc1ccccc1. The van der Waals surface area contributed by atoms with Crippen molar-refractivity contribution < 1.29 is 0 Å². The highest BCUT2D eigenvalue weighted by atomic mass is 35.5. The highest BCUT2D eigenvalue weighted by Crippen LogP contribution is 2.14. The lowest BCUT2D eigenvalue weighted by Gasteiger charge is -2.10. The summed E-state index contributed by atoms with van der Waals surface area (Å²) >= 11 is 5.85. The van der Waals surface area contributed by atoms with Gasteiger partial charge in [0.05, 0.1) is 0 Å². The molecule has 0 amide bonds. The van der Waals surface area contributed by atoms with E-state index < -0.39 is 0 Å². The Morgan fingerprint density at radius 3 is 2.50 bits per heavy atom. The van der Waals surface area contributed by atoms with Crippen LogP contribution in [0.2, 0.25) is 0 Å². The summed E-state index contributed by atoms with van der Waals surface area (Å²) in [5, 5.41) is 0. The van der Waals surface area contributed by atoms with E-state index in [-0.39, 0.29) is 0 Å². The molecule has 0 saturated carbocycles. The molecule has 0 aliphatic carbocycles. The van der Waals surface area contributed by atoms with E-state index >= 15 is 0 Å². The molecule has 1 atom stereocenters. The van der Waals surface area contributed by atoms with Crippen molar-refractivity contribution in [1.29, 1.82) is 0 Å². The van der Waals surface area contributed by atoms with Gasteiger partial charge in [-0.2, -0.15) is 0 Å². The molecule has 0 spiro atoms. The summed E-state index contributed by atoms with van der Waals surface area (Å²) in [6.07, 6.45) is 4.91. The lowest BCUT2D eigenvalue weighted by atomic mass is 9.99. The third-order valence-corrected chi connectivity index (χ3v) is 3.15. The molecule has 0 saturated heterocycles. The van der Waals surface area contributed by atoms with Crippen molar-refractivity contribution in [2.75, 3.05) is 5.88 Å². The van der Waals surface area contributed by atoms with Gasteiger partial charge >= 0.3 is 0 Å². The van der Waals surface area contributed by atoms with E-state index in [2.05, 4.69) is 37.3 Å². The first-order valence-corrected chi connectivity index (χ1v) is 6.00. The van der Waals surface area contributed by atoms with E-state index in [1.165, 1.54) is 31.2 Å². The number of aryl methyl sites for hydroxylation is 1. The van der Waals surface area contributed by atoms with Crippen molar-refractivity contribution in [3.8, 4) is 0 Å². The van der Waals surface area contributed by atoms with Gasteiger partial charge in [0, 0.05) is 5.88 Å². The van der Waals surface area contributed by atoms with Crippen molar-refractivity contribution in [2.45, 2.75) is 32.6 Å². The van der Waals surface area contributed by atoms with Crippen LogP contribution in [0.15, 0.2) is 30.3 Å². The van der Waals surface area contributed by atoms with Gasteiger partial charge < -0.3 is 0 Å². The maximum Gasteiger partial charge on any atom is 0.0251 e. The maximum absolute atomic E-state index is 5.85. The van der Waals surface area contributed by atoms with Crippen molar-refractivity contribution in [1.82, 2.24) is 0 Å². The second kappa shape index (κ2) is 6.89. The normalized spacial score (nSPS) is 12.7. The van der Waals surface area contributed by atoms with Crippen LogP contribution in [-0.4, -0.2) is 5.88 Å². The van der Waals surface area contributed by atoms with Crippen LogP contribution in [-0.2, 0) is 6.42 Å². The molecule has 0 aliphatic rings. The monoisotopic (exact) mass is 210 g/mol. The fourth-order valence-corrected chi connectivity index (χ4v) is 2.00. The van der Waals surface area contributed by atoms with E-state index in [1.807, 2.05) is 0 Å². The predicted molar refractivity (Wildman–Crippen MR) is 63.9 cm³/mol. The topological polar surface area (TPSA) is 0 Å². The van der Waals surface area contributed by atoms with Gasteiger partial charge in [-0.3, -0.25) is 0 Å². The van der Waals surface area contributed by atoms with Crippen LogP contribution in [0.4, 0.5) is 0 Å². The molecule has 14 heavy (non-hydrogen) atoms. The van der Waals surface area contributed by atoms with Gasteiger partial charge in [0.2, 0.25) is 0 Å². The van der Waals surface area contributed by atoms with Gasteiger partial charge in [0.15, 0.2) is 0 Å². The van der Waals surface area contributed by atoms with Crippen LogP contribution in [0, 0.1) is 5.92 Å². The summed E-state index contributed by atoms with van der Waals surface area (Å²) in [4.78, 5) is 0. The average Bonchev–Trinajstić information content (AvgIpc) is 2.26. The van der Waals surface area contributed by atoms with Gasteiger partial charge in [0.1, 0.15) is 0 Å². The molecule has 0 radical (unpaired) electrons. The zero-order valence-electron chi connectivity index (χ0n) is 8.88. The van der Waals surface area contributed by atoms with Crippen LogP contribution in [0.1, 0.15) is 31.7 Å². The van der Waals surface area contributed by atoms with Crippen LogP contribution in [0.3, 0.4) is 0 Å². The van der Waals surface area contributed by atoms with Crippen molar-refractivity contribution >= 4 is 11.6 Å². The highest BCUT2D eigenvalue weighted by Gasteiger charge is 2.03. The fourth-order valence-electron chi connectivity index (χ4n) is 1.63. The Bertz CT molecular complexity index is 226. The smallest absolute Gasteiger partial charge is 0.0251 e. The quantitative estimate of drug-likeness (QED) is 0.615. The van der Waals surface area contributed by atoms with E-state index in [9.17, 15) is 0 Å². The number of hydrogen-bond donors (Lipinski definition) is 0. The lowest BCUT2D eigenvalue weighted by molar-refractivity contribution is 0.501. The van der Waals surface area contributed by atoms with Crippen LogP contribution in [0.25, 0.3) is 0 Å². The number of halogens is 1. The minimum absolute atomic E-state index is 0.709. The molecule has 0 heterocycles. The molecule has 1 aromatic carbocycles. The zero-order chi connectivity index (χ0) is 10.2. The number of hydrogen-bond acceptors (Lipinski definition) is 0. The van der Waals surface area contributed by atoms with Gasteiger partial charge in [-0.1, -0.05) is 43.7 Å². The standard InChI is InChI=1S/C13H19Cl/c1-2-12(11-14)9-6-10-13-7-4-3-5-8-13/h3-5,7-8,12H,2,6,9-11H2,1H3. The number of rotatable bonds is 6. The molecule has 0 nitrogen and oxygen atoms in total. The first kappa shape index (κ1) is 11.6. The predicted octanol–water partition coefficient (Wildman–Crippen LogP) is 4.27. The molecule has 1 unspecified atom stereocenters. The molecule has 0 fully saturated rings. The molecule has 1 aromatic rings. The van der Waals surface area contributed by atoms with Gasteiger partial charge in [-0.15, -0.1) is 11.6 Å². The number of benzene rings is 1. The molecule has 78 valence electrons. The van der Waals surface area contributed by atoms with E-state index in [0.717, 1.165) is 5.88 Å².